The van der Waals surface area contributed by atoms with Gasteiger partial charge in [-0.05, 0) is 13.0 Å². The predicted molar refractivity (Wildman–Crippen MR) is 96.0 cm³/mol. The van der Waals surface area contributed by atoms with Crippen LogP contribution >= 0.6 is 11.6 Å². The molecule has 26 heavy (non-hydrogen) atoms. The Morgan fingerprint density at radius 3 is 2.65 bits per heavy atom. The number of ether oxygens (including phenoxy) is 1. The first-order valence-corrected chi connectivity index (χ1v) is 8.69. The van der Waals surface area contributed by atoms with Crippen LogP contribution in [0, 0.1) is 6.92 Å². The van der Waals surface area contributed by atoms with Crippen LogP contribution in [0.5, 0.6) is 0 Å². The largest absolute Gasteiger partial charge is 0.378 e. The van der Waals surface area contributed by atoms with Crippen molar-refractivity contribution in [2.45, 2.75) is 6.92 Å². The fourth-order valence-electron chi connectivity index (χ4n) is 2.84. The summed E-state index contributed by atoms with van der Waals surface area (Å²) in [5.74, 6) is -0.0616. The van der Waals surface area contributed by atoms with Crippen molar-refractivity contribution in [1.82, 2.24) is 15.0 Å². The second kappa shape index (κ2) is 7.88. The Balaban J connectivity index is 1.80. The van der Waals surface area contributed by atoms with Crippen molar-refractivity contribution in [1.29, 1.82) is 0 Å². The molecule has 0 bridgehead atoms. The summed E-state index contributed by atoms with van der Waals surface area (Å²) in [6.07, 6.45) is 0. The lowest BCUT2D eigenvalue weighted by molar-refractivity contribution is -0.135. The van der Waals surface area contributed by atoms with Crippen molar-refractivity contribution in [2.24, 2.45) is 0 Å². The van der Waals surface area contributed by atoms with E-state index < -0.39 is 0 Å². The first kappa shape index (κ1) is 18.4. The Bertz CT molecular complexity index is 815. The van der Waals surface area contributed by atoms with Crippen LogP contribution in [0.1, 0.15) is 16.1 Å². The van der Waals surface area contributed by atoms with Crippen molar-refractivity contribution in [3.8, 4) is 11.3 Å². The van der Waals surface area contributed by atoms with Gasteiger partial charge in [0.15, 0.2) is 0 Å². The quantitative estimate of drug-likeness (QED) is 0.816. The topological polar surface area (TPSA) is 75.9 Å². The third-order valence-electron chi connectivity index (χ3n) is 4.29. The molecule has 1 aromatic heterocycles. The smallest absolute Gasteiger partial charge is 0.259 e. The first-order valence-electron chi connectivity index (χ1n) is 8.31. The zero-order valence-corrected chi connectivity index (χ0v) is 15.5. The van der Waals surface area contributed by atoms with E-state index in [1.54, 1.807) is 37.1 Å². The Hall–Kier alpha value is -2.38. The molecular formula is C18H20ClN3O4. The van der Waals surface area contributed by atoms with Gasteiger partial charge in [0.2, 0.25) is 5.91 Å². The lowest BCUT2D eigenvalue weighted by Gasteiger charge is -2.28. The van der Waals surface area contributed by atoms with Crippen LogP contribution in [0.4, 0.5) is 0 Å². The number of carbonyl (C=O) groups is 2. The van der Waals surface area contributed by atoms with E-state index in [1.165, 1.54) is 4.90 Å². The van der Waals surface area contributed by atoms with Crippen molar-refractivity contribution in [3.63, 3.8) is 0 Å². The maximum absolute atomic E-state index is 12.9. The monoisotopic (exact) mass is 377 g/mol. The van der Waals surface area contributed by atoms with Crippen LogP contribution in [0.15, 0.2) is 28.8 Å². The summed E-state index contributed by atoms with van der Waals surface area (Å²) in [6, 6.07) is 7.11. The number of morpholine rings is 1. The molecule has 1 aliphatic heterocycles. The molecule has 1 saturated heterocycles. The molecule has 1 fully saturated rings. The molecule has 0 saturated carbocycles. The average molecular weight is 378 g/mol. The van der Waals surface area contributed by atoms with E-state index >= 15 is 0 Å². The highest BCUT2D eigenvalue weighted by Crippen LogP contribution is 2.31. The maximum atomic E-state index is 12.9. The average Bonchev–Trinajstić information content (AvgIpc) is 3.03. The molecule has 2 aromatic rings. The van der Waals surface area contributed by atoms with E-state index in [2.05, 4.69) is 5.16 Å². The minimum atomic E-state index is -0.333. The van der Waals surface area contributed by atoms with E-state index in [-0.39, 0.29) is 18.4 Å². The Kier molecular flexibility index (Phi) is 5.58. The number of halogens is 1. The predicted octanol–water partition coefficient (Wildman–Crippen LogP) is 2.23. The summed E-state index contributed by atoms with van der Waals surface area (Å²) >= 11 is 6.23. The highest BCUT2D eigenvalue weighted by Gasteiger charge is 2.27. The standard InChI is InChI=1S/C18H20ClN3O4/c1-12-16(17(20-26-12)13-5-3-4-6-14(13)19)18(24)21(2)11-15(23)22-7-9-25-10-8-22/h3-6H,7-11H2,1-2H3. The van der Waals surface area contributed by atoms with E-state index in [1.807, 2.05) is 6.07 Å². The second-order valence-electron chi connectivity index (χ2n) is 6.10. The molecule has 0 aliphatic carbocycles. The zero-order valence-electron chi connectivity index (χ0n) is 14.7. The molecule has 2 heterocycles. The van der Waals surface area contributed by atoms with E-state index in [4.69, 9.17) is 20.9 Å². The van der Waals surface area contributed by atoms with Crippen molar-refractivity contribution >= 4 is 23.4 Å². The number of amides is 2. The molecule has 138 valence electrons. The number of aryl methyl sites for hydroxylation is 1. The van der Waals surface area contributed by atoms with Gasteiger partial charge in [-0.3, -0.25) is 9.59 Å². The molecule has 0 atom stereocenters. The van der Waals surface area contributed by atoms with Gasteiger partial charge < -0.3 is 19.1 Å². The Labute approximate surface area is 156 Å². The SMILES string of the molecule is Cc1onc(-c2ccccc2Cl)c1C(=O)N(C)CC(=O)N1CCOCC1. The molecular weight excluding hydrogens is 358 g/mol. The molecule has 1 aliphatic rings. The number of nitrogens with zero attached hydrogens (tertiary/aromatic N) is 3. The molecule has 0 N–H and O–H groups in total. The fraction of sp³-hybridized carbons (Fsp3) is 0.389. The molecule has 3 rings (SSSR count). The first-order chi connectivity index (χ1) is 12.5. The number of carbonyl (C=O) groups excluding carboxylic acids is 2. The van der Waals surface area contributed by atoms with Crippen LogP contribution < -0.4 is 0 Å². The third-order valence-corrected chi connectivity index (χ3v) is 4.62. The summed E-state index contributed by atoms with van der Waals surface area (Å²) in [6.45, 7) is 3.76. The maximum Gasteiger partial charge on any atom is 0.259 e. The Morgan fingerprint density at radius 1 is 1.27 bits per heavy atom. The molecule has 0 radical (unpaired) electrons. The van der Waals surface area contributed by atoms with Crippen molar-refractivity contribution in [2.75, 3.05) is 39.9 Å². The lowest BCUT2D eigenvalue weighted by atomic mass is 10.1. The number of hydrogen-bond donors (Lipinski definition) is 0. The molecule has 0 spiro atoms. The van der Waals surface area contributed by atoms with Crippen LogP contribution in [0.2, 0.25) is 5.02 Å². The van der Waals surface area contributed by atoms with Gasteiger partial charge in [-0.2, -0.15) is 0 Å². The van der Waals surface area contributed by atoms with Crippen LogP contribution in [-0.4, -0.2) is 66.7 Å². The highest BCUT2D eigenvalue weighted by molar-refractivity contribution is 6.33. The lowest BCUT2D eigenvalue weighted by Crippen LogP contribution is -2.46. The van der Waals surface area contributed by atoms with Gasteiger partial charge in [-0.1, -0.05) is 35.0 Å². The summed E-state index contributed by atoms with van der Waals surface area (Å²) in [7, 11) is 1.59. The number of hydrogen-bond acceptors (Lipinski definition) is 5. The van der Waals surface area contributed by atoms with E-state index in [0.29, 0.717) is 53.9 Å². The number of rotatable bonds is 4. The van der Waals surface area contributed by atoms with Crippen LogP contribution in [0.25, 0.3) is 11.3 Å². The molecule has 2 amide bonds. The minimum absolute atomic E-state index is 0.0224. The molecule has 8 heteroatoms. The normalized spacial score (nSPS) is 14.3. The van der Waals surface area contributed by atoms with Gasteiger partial charge in [-0.25, -0.2) is 0 Å². The Morgan fingerprint density at radius 2 is 1.96 bits per heavy atom. The summed E-state index contributed by atoms with van der Waals surface area (Å²) < 4.78 is 10.5. The minimum Gasteiger partial charge on any atom is -0.378 e. The van der Waals surface area contributed by atoms with Gasteiger partial charge in [0, 0.05) is 25.7 Å². The summed E-state index contributed by atoms with van der Waals surface area (Å²) in [5.41, 5.74) is 1.31. The van der Waals surface area contributed by atoms with Gasteiger partial charge in [-0.15, -0.1) is 0 Å². The summed E-state index contributed by atoms with van der Waals surface area (Å²) in [5, 5.41) is 4.47. The van der Waals surface area contributed by atoms with Crippen molar-refractivity contribution in [3.05, 3.63) is 40.6 Å². The second-order valence-corrected chi connectivity index (χ2v) is 6.50. The number of likely N-dealkylation sites (N-methyl/N-ethyl adjacent to an activating group) is 1. The van der Waals surface area contributed by atoms with Crippen molar-refractivity contribution < 1.29 is 18.8 Å². The highest BCUT2D eigenvalue weighted by atomic mass is 35.5. The fourth-order valence-corrected chi connectivity index (χ4v) is 3.06. The van der Waals surface area contributed by atoms with Crippen LogP contribution in [0.3, 0.4) is 0 Å². The molecule has 1 aromatic carbocycles. The van der Waals surface area contributed by atoms with E-state index in [0.717, 1.165) is 0 Å². The van der Waals surface area contributed by atoms with Gasteiger partial charge in [0.1, 0.15) is 17.0 Å². The third kappa shape index (κ3) is 3.73. The van der Waals surface area contributed by atoms with Crippen LogP contribution in [-0.2, 0) is 9.53 Å². The molecule has 7 nitrogen and oxygen atoms in total. The number of benzene rings is 1. The van der Waals surface area contributed by atoms with Gasteiger partial charge in [0.05, 0.1) is 24.8 Å². The van der Waals surface area contributed by atoms with Gasteiger partial charge in [0.25, 0.3) is 5.91 Å². The molecule has 0 unspecified atom stereocenters. The zero-order chi connectivity index (χ0) is 18.7. The summed E-state index contributed by atoms with van der Waals surface area (Å²) in [4.78, 5) is 28.4. The van der Waals surface area contributed by atoms with Gasteiger partial charge >= 0.3 is 0 Å². The van der Waals surface area contributed by atoms with E-state index in [9.17, 15) is 9.59 Å². The number of aromatic nitrogens is 1.